The summed E-state index contributed by atoms with van der Waals surface area (Å²) >= 11 is 1.33. The lowest BCUT2D eigenvalue weighted by Crippen LogP contribution is -2.30. The summed E-state index contributed by atoms with van der Waals surface area (Å²) in [5, 5.41) is 13.9. The van der Waals surface area contributed by atoms with Crippen LogP contribution in [-0.4, -0.2) is 23.8 Å². The highest BCUT2D eigenvalue weighted by Crippen LogP contribution is 2.36. The van der Waals surface area contributed by atoms with E-state index >= 15 is 0 Å². The van der Waals surface area contributed by atoms with Gasteiger partial charge in [-0.15, -0.1) is 11.3 Å². The lowest BCUT2D eigenvalue weighted by Gasteiger charge is -2.13. The molecule has 2 heterocycles. The summed E-state index contributed by atoms with van der Waals surface area (Å²) in [7, 11) is 0. The molecule has 1 N–H and O–H groups in total. The van der Waals surface area contributed by atoms with Crippen LogP contribution < -0.4 is 19.5 Å². The molecule has 0 saturated carbocycles. The number of nitrogens with zero attached hydrogens (tertiary/aromatic N) is 2. The van der Waals surface area contributed by atoms with Gasteiger partial charge in [-0.2, -0.15) is 5.26 Å². The van der Waals surface area contributed by atoms with Gasteiger partial charge in [0.1, 0.15) is 5.75 Å². The Morgan fingerprint density at radius 1 is 1.25 bits per heavy atom. The smallest absolute Gasteiger partial charge is 0.266 e. The van der Waals surface area contributed by atoms with Crippen molar-refractivity contribution >= 4 is 22.4 Å². The van der Waals surface area contributed by atoms with Gasteiger partial charge in [-0.3, -0.25) is 10.1 Å². The molecule has 0 saturated heterocycles. The SMILES string of the molecule is C[C@@H](Oc1ccc(C#N)cc1)C(=O)Nc1nc(-c2ccc3c(c2)OCO3)cs1. The van der Waals surface area contributed by atoms with E-state index in [1.54, 1.807) is 31.2 Å². The van der Waals surface area contributed by atoms with E-state index in [4.69, 9.17) is 19.5 Å². The molecule has 0 fully saturated rings. The minimum absolute atomic E-state index is 0.217. The van der Waals surface area contributed by atoms with Gasteiger partial charge in [0.25, 0.3) is 5.91 Å². The van der Waals surface area contributed by atoms with E-state index in [2.05, 4.69) is 10.3 Å². The lowest BCUT2D eigenvalue weighted by atomic mass is 10.1. The zero-order chi connectivity index (χ0) is 19.5. The number of rotatable bonds is 5. The monoisotopic (exact) mass is 393 g/mol. The summed E-state index contributed by atoms with van der Waals surface area (Å²) in [6, 6.07) is 14.2. The maximum atomic E-state index is 12.4. The van der Waals surface area contributed by atoms with Gasteiger partial charge in [0, 0.05) is 10.9 Å². The summed E-state index contributed by atoms with van der Waals surface area (Å²) < 4.78 is 16.3. The van der Waals surface area contributed by atoms with Crippen LogP contribution in [0.5, 0.6) is 17.2 Å². The second-order valence-corrected chi connectivity index (χ2v) is 6.85. The molecular formula is C20H15N3O4S. The first-order chi connectivity index (χ1) is 13.6. The molecule has 0 spiro atoms. The summed E-state index contributed by atoms with van der Waals surface area (Å²) in [5.41, 5.74) is 2.14. The van der Waals surface area contributed by atoms with Gasteiger partial charge in [-0.25, -0.2) is 4.98 Å². The number of ether oxygens (including phenoxy) is 3. The molecule has 4 rings (SSSR count). The van der Waals surface area contributed by atoms with Crippen molar-refractivity contribution in [3.63, 3.8) is 0 Å². The number of anilines is 1. The topological polar surface area (TPSA) is 93.5 Å². The molecular weight excluding hydrogens is 378 g/mol. The van der Waals surface area contributed by atoms with Gasteiger partial charge in [0.2, 0.25) is 6.79 Å². The fourth-order valence-corrected chi connectivity index (χ4v) is 3.31. The minimum Gasteiger partial charge on any atom is -0.481 e. The molecule has 0 unspecified atom stereocenters. The van der Waals surface area contributed by atoms with Gasteiger partial charge in [0.15, 0.2) is 22.7 Å². The second-order valence-electron chi connectivity index (χ2n) is 5.99. The molecule has 1 aliphatic heterocycles. The normalized spacial score (nSPS) is 12.9. The zero-order valence-corrected chi connectivity index (χ0v) is 15.7. The zero-order valence-electron chi connectivity index (χ0n) is 14.8. The molecule has 0 bridgehead atoms. The molecule has 2 aromatic carbocycles. The van der Waals surface area contributed by atoms with Crippen molar-refractivity contribution in [2.45, 2.75) is 13.0 Å². The van der Waals surface area contributed by atoms with Crippen LogP contribution in [-0.2, 0) is 4.79 Å². The quantitative estimate of drug-likeness (QED) is 0.708. The predicted molar refractivity (Wildman–Crippen MR) is 104 cm³/mol. The number of aromatic nitrogens is 1. The Morgan fingerprint density at radius 2 is 2.04 bits per heavy atom. The van der Waals surface area contributed by atoms with Crippen molar-refractivity contribution in [1.82, 2.24) is 4.98 Å². The van der Waals surface area contributed by atoms with Crippen LogP contribution in [0, 0.1) is 11.3 Å². The predicted octanol–water partition coefficient (Wildman–Crippen LogP) is 3.82. The Balaban J connectivity index is 1.40. The van der Waals surface area contributed by atoms with E-state index in [1.165, 1.54) is 11.3 Å². The third-order valence-electron chi connectivity index (χ3n) is 4.07. The molecule has 8 heteroatoms. The van der Waals surface area contributed by atoms with Crippen LogP contribution in [0.2, 0.25) is 0 Å². The fraction of sp³-hybridized carbons (Fsp3) is 0.150. The van der Waals surface area contributed by atoms with Crippen LogP contribution >= 0.6 is 11.3 Å². The van der Waals surface area contributed by atoms with Crippen molar-refractivity contribution < 1.29 is 19.0 Å². The summed E-state index contributed by atoms with van der Waals surface area (Å²) in [6.07, 6.45) is -0.717. The highest BCUT2D eigenvalue weighted by molar-refractivity contribution is 7.14. The second kappa shape index (κ2) is 7.58. The number of hydrogen-bond acceptors (Lipinski definition) is 7. The number of thiazole rings is 1. The van der Waals surface area contributed by atoms with E-state index in [9.17, 15) is 4.79 Å². The molecule has 3 aromatic rings. The van der Waals surface area contributed by atoms with E-state index in [0.717, 1.165) is 11.3 Å². The number of amides is 1. The lowest BCUT2D eigenvalue weighted by molar-refractivity contribution is -0.122. The van der Waals surface area contributed by atoms with Crippen molar-refractivity contribution in [3.8, 4) is 34.6 Å². The first-order valence-corrected chi connectivity index (χ1v) is 9.33. The fourth-order valence-electron chi connectivity index (χ4n) is 2.59. The number of nitriles is 1. The molecule has 0 aliphatic carbocycles. The molecule has 1 atom stereocenters. The van der Waals surface area contributed by atoms with Crippen LogP contribution in [0.3, 0.4) is 0 Å². The summed E-state index contributed by atoms with van der Waals surface area (Å²) in [6.45, 7) is 1.87. The van der Waals surface area contributed by atoms with Crippen LogP contribution in [0.25, 0.3) is 11.3 Å². The van der Waals surface area contributed by atoms with Gasteiger partial charge in [-0.05, 0) is 49.4 Å². The van der Waals surface area contributed by atoms with Crippen molar-refractivity contribution in [3.05, 3.63) is 53.4 Å². The van der Waals surface area contributed by atoms with Crippen LogP contribution in [0.4, 0.5) is 5.13 Å². The Hall–Kier alpha value is -3.57. The third kappa shape index (κ3) is 3.75. The van der Waals surface area contributed by atoms with Crippen molar-refractivity contribution in [1.29, 1.82) is 5.26 Å². The van der Waals surface area contributed by atoms with Gasteiger partial charge in [0.05, 0.1) is 17.3 Å². The van der Waals surface area contributed by atoms with Gasteiger partial charge in [-0.1, -0.05) is 0 Å². The maximum absolute atomic E-state index is 12.4. The largest absolute Gasteiger partial charge is 0.481 e. The van der Waals surface area contributed by atoms with Crippen molar-refractivity contribution in [2.75, 3.05) is 12.1 Å². The van der Waals surface area contributed by atoms with Crippen LogP contribution in [0.1, 0.15) is 12.5 Å². The van der Waals surface area contributed by atoms with Gasteiger partial charge < -0.3 is 14.2 Å². The molecule has 28 heavy (non-hydrogen) atoms. The van der Waals surface area contributed by atoms with E-state index < -0.39 is 6.10 Å². The maximum Gasteiger partial charge on any atom is 0.266 e. The van der Waals surface area contributed by atoms with Gasteiger partial charge >= 0.3 is 0 Å². The average Bonchev–Trinajstić information content (AvgIpc) is 3.37. The molecule has 140 valence electrons. The van der Waals surface area contributed by atoms with Crippen LogP contribution in [0.15, 0.2) is 47.8 Å². The first-order valence-electron chi connectivity index (χ1n) is 8.45. The minimum atomic E-state index is -0.717. The van der Waals surface area contributed by atoms with E-state index in [0.29, 0.717) is 27.9 Å². The Labute approximate surface area is 165 Å². The highest BCUT2D eigenvalue weighted by Gasteiger charge is 2.18. The number of benzene rings is 2. The Bertz CT molecular complexity index is 1060. The van der Waals surface area contributed by atoms with E-state index in [-0.39, 0.29) is 12.7 Å². The standard InChI is InChI=1S/C20H15N3O4S/c1-12(27-15-5-2-13(9-21)3-6-15)19(24)23-20-22-16(10-28-20)14-4-7-17-18(8-14)26-11-25-17/h2-8,10,12H,11H2,1H3,(H,22,23,24)/t12-/m1/s1. The third-order valence-corrected chi connectivity index (χ3v) is 4.83. The average molecular weight is 393 g/mol. The molecule has 0 radical (unpaired) electrons. The molecule has 1 aromatic heterocycles. The Morgan fingerprint density at radius 3 is 2.82 bits per heavy atom. The molecule has 1 aliphatic rings. The number of nitrogens with one attached hydrogen (secondary N) is 1. The number of hydrogen-bond donors (Lipinski definition) is 1. The van der Waals surface area contributed by atoms with Crippen molar-refractivity contribution in [2.24, 2.45) is 0 Å². The van der Waals surface area contributed by atoms with E-state index in [1.807, 2.05) is 29.6 Å². The highest BCUT2D eigenvalue weighted by atomic mass is 32.1. The number of carbonyl (C=O) groups excluding carboxylic acids is 1. The number of fused-ring (bicyclic) bond motifs is 1. The molecule has 7 nitrogen and oxygen atoms in total. The summed E-state index contributed by atoms with van der Waals surface area (Å²) in [5.74, 6) is 1.60. The number of carbonyl (C=O) groups is 1. The first kappa shape index (κ1) is 17.8. The summed E-state index contributed by atoms with van der Waals surface area (Å²) in [4.78, 5) is 16.8. The Kier molecular flexibility index (Phi) is 4.83. The molecule has 1 amide bonds.